The molecule has 0 atom stereocenters. The summed E-state index contributed by atoms with van der Waals surface area (Å²) in [5.74, 6) is -0.415. The third-order valence-corrected chi connectivity index (χ3v) is 3.73. The highest BCUT2D eigenvalue weighted by Gasteiger charge is 2.09. The predicted molar refractivity (Wildman–Crippen MR) is 95.5 cm³/mol. The molecule has 0 aliphatic carbocycles. The van der Waals surface area contributed by atoms with E-state index in [1.165, 1.54) is 0 Å². The van der Waals surface area contributed by atoms with Crippen molar-refractivity contribution in [2.24, 2.45) is 5.10 Å². The number of hydrazone groups is 1. The largest absolute Gasteiger partial charge is 0.378 e. The van der Waals surface area contributed by atoms with E-state index in [2.05, 4.69) is 44.3 Å². The number of hydrogen-bond acceptors (Lipinski definition) is 4. The number of nitrogens with one attached hydrogen (secondary N) is 1. The molecule has 0 spiro atoms. The summed E-state index contributed by atoms with van der Waals surface area (Å²) < 4.78 is 2.14. The number of nitrogens with zero attached hydrogens (tertiary/aromatic N) is 4. The zero-order valence-corrected chi connectivity index (χ0v) is 14.4. The third-order valence-electron chi connectivity index (χ3n) is 3.73. The summed E-state index contributed by atoms with van der Waals surface area (Å²) in [5.41, 5.74) is 7.58. The van der Waals surface area contributed by atoms with Crippen LogP contribution in [0.15, 0.2) is 35.4 Å². The fourth-order valence-electron chi connectivity index (χ4n) is 2.50. The van der Waals surface area contributed by atoms with Gasteiger partial charge in [-0.15, -0.1) is 0 Å². The van der Waals surface area contributed by atoms with Crippen molar-refractivity contribution in [3.05, 3.63) is 47.3 Å². The molecule has 0 radical (unpaired) electrons. The third kappa shape index (κ3) is 3.82. The highest BCUT2D eigenvalue weighted by atomic mass is 16.2. The number of carbonyl (C=O) groups excluding carboxylic acids is 1. The van der Waals surface area contributed by atoms with E-state index in [1.54, 1.807) is 12.3 Å². The molecule has 0 bridgehead atoms. The van der Waals surface area contributed by atoms with E-state index < -0.39 is 5.91 Å². The number of anilines is 1. The van der Waals surface area contributed by atoms with E-state index in [4.69, 9.17) is 5.26 Å². The molecular weight excluding hydrogens is 302 g/mol. The molecule has 2 aromatic rings. The lowest BCUT2D eigenvalue weighted by atomic mass is 10.2. The predicted octanol–water partition coefficient (Wildman–Crippen LogP) is 2.52. The number of hydrogen-bond donors (Lipinski definition) is 1. The number of nitriles is 1. The van der Waals surface area contributed by atoms with Crippen molar-refractivity contribution in [2.75, 3.05) is 19.0 Å². The fourth-order valence-corrected chi connectivity index (χ4v) is 2.50. The molecule has 0 unspecified atom stereocenters. The molecule has 1 amide bonds. The van der Waals surface area contributed by atoms with Gasteiger partial charge in [0.1, 0.15) is 6.42 Å². The van der Waals surface area contributed by atoms with Crippen LogP contribution in [0, 0.1) is 25.2 Å². The van der Waals surface area contributed by atoms with Gasteiger partial charge in [0.05, 0.1) is 12.3 Å². The summed E-state index contributed by atoms with van der Waals surface area (Å²) in [5, 5.41) is 12.4. The van der Waals surface area contributed by atoms with Gasteiger partial charge < -0.3 is 9.47 Å². The standard InChI is InChI=1S/C18H21N5O/c1-13-11-15(12-20-21-18(24)9-10-19)14(2)23(13)17-7-5-16(6-8-17)22(3)4/h5-8,11-12H,9H2,1-4H3,(H,21,24)/b20-12+. The van der Waals surface area contributed by atoms with E-state index in [0.717, 1.165) is 28.3 Å². The van der Waals surface area contributed by atoms with Crippen LogP contribution in [-0.2, 0) is 4.79 Å². The van der Waals surface area contributed by atoms with E-state index in [-0.39, 0.29) is 6.42 Å². The molecule has 0 saturated carbocycles. The van der Waals surface area contributed by atoms with Gasteiger partial charge in [0.2, 0.25) is 0 Å². The van der Waals surface area contributed by atoms with Gasteiger partial charge in [-0.2, -0.15) is 10.4 Å². The molecule has 6 heteroatoms. The Hall–Kier alpha value is -3.07. The average Bonchev–Trinajstić information content (AvgIpc) is 2.82. The van der Waals surface area contributed by atoms with E-state index in [1.807, 2.05) is 34.0 Å². The van der Waals surface area contributed by atoms with Crippen LogP contribution in [0.5, 0.6) is 0 Å². The van der Waals surface area contributed by atoms with Gasteiger partial charge in [0, 0.05) is 42.4 Å². The molecule has 1 aromatic heterocycles. The number of aromatic nitrogens is 1. The van der Waals surface area contributed by atoms with Crippen LogP contribution in [0.4, 0.5) is 5.69 Å². The van der Waals surface area contributed by atoms with Gasteiger partial charge in [0.15, 0.2) is 0 Å². The monoisotopic (exact) mass is 323 g/mol. The van der Waals surface area contributed by atoms with Crippen LogP contribution in [0.3, 0.4) is 0 Å². The van der Waals surface area contributed by atoms with Crippen LogP contribution >= 0.6 is 0 Å². The van der Waals surface area contributed by atoms with Crippen molar-refractivity contribution in [1.29, 1.82) is 5.26 Å². The van der Waals surface area contributed by atoms with Crippen molar-refractivity contribution in [3.8, 4) is 11.8 Å². The first-order chi connectivity index (χ1) is 11.4. The van der Waals surface area contributed by atoms with Crippen LogP contribution in [0.2, 0.25) is 0 Å². The van der Waals surface area contributed by atoms with E-state index in [0.29, 0.717) is 0 Å². The van der Waals surface area contributed by atoms with Gasteiger partial charge in [-0.3, -0.25) is 4.79 Å². The molecule has 1 aromatic carbocycles. The van der Waals surface area contributed by atoms with Crippen molar-refractivity contribution in [1.82, 2.24) is 9.99 Å². The molecule has 2 rings (SSSR count). The first kappa shape index (κ1) is 17.3. The van der Waals surface area contributed by atoms with Gasteiger partial charge in [-0.25, -0.2) is 5.43 Å². The summed E-state index contributed by atoms with van der Waals surface area (Å²) in [7, 11) is 4.02. The minimum Gasteiger partial charge on any atom is -0.378 e. The van der Waals surface area contributed by atoms with Gasteiger partial charge in [-0.05, 0) is 44.2 Å². The molecule has 0 aliphatic heterocycles. The Morgan fingerprint density at radius 2 is 2.00 bits per heavy atom. The minimum atomic E-state index is -0.415. The molecule has 124 valence electrons. The highest BCUT2D eigenvalue weighted by Crippen LogP contribution is 2.22. The smallest absolute Gasteiger partial charge is 0.254 e. The summed E-state index contributed by atoms with van der Waals surface area (Å²) in [6, 6.07) is 12.1. The van der Waals surface area contributed by atoms with Crippen LogP contribution in [0.1, 0.15) is 23.4 Å². The Labute approximate surface area is 142 Å². The Balaban J connectivity index is 2.24. The van der Waals surface area contributed by atoms with Crippen molar-refractivity contribution in [3.63, 3.8) is 0 Å². The Morgan fingerprint density at radius 1 is 1.33 bits per heavy atom. The van der Waals surface area contributed by atoms with Crippen molar-refractivity contribution < 1.29 is 4.79 Å². The zero-order chi connectivity index (χ0) is 17.7. The topological polar surface area (TPSA) is 73.4 Å². The number of amides is 1. The normalized spacial score (nSPS) is 10.6. The number of benzene rings is 1. The lowest BCUT2D eigenvalue weighted by Gasteiger charge is -2.14. The molecule has 24 heavy (non-hydrogen) atoms. The maximum Gasteiger partial charge on any atom is 0.254 e. The van der Waals surface area contributed by atoms with E-state index >= 15 is 0 Å². The van der Waals surface area contributed by atoms with Crippen LogP contribution in [-0.4, -0.2) is 30.8 Å². The van der Waals surface area contributed by atoms with Gasteiger partial charge in [0.25, 0.3) is 5.91 Å². The lowest BCUT2D eigenvalue weighted by Crippen LogP contribution is -2.16. The highest BCUT2D eigenvalue weighted by molar-refractivity contribution is 5.84. The van der Waals surface area contributed by atoms with Crippen molar-refractivity contribution in [2.45, 2.75) is 20.3 Å². The second kappa shape index (κ2) is 7.47. The second-order valence-corrected chi connectivity index (χ2v) is 5.70. The molecule has 0 saturated heterocycles. The lowest BCUT2D eigenvalue weighted by molar-refractivity contribution is -0.120. The molecule has 0 fully saturated rings. The SMILES string of the molecule is Cc1cc(/C=N/NC(=O)CC#N)c(C)n1-c1ccc(N(C)C)cc1. The zero-order valence-electron chi connectivity index (χ0n) is 14.4. The van der Waals surface area contributed by atoms with Gasteiger partial charge in [-0.1, -0.05) is 0 Å². The van der Waals surface area contributed by atoms with Gasteiger partial charge >= 0.3 is 0 Å². The van der Waals surface area contributed by atoms with E-state index in [9.17, 15) is 4.79 Å². The number of rotatable bonds is 5. The maximum atomic E-state index is 11.2. The molecule has 1 N–H and O–H groups in total. The summed E-state index contributed by atoms with van der Waals surface area (Å²) in [6.45, 7) is 4.03. The van der Waals surface area contributed by atoms with Crippen LogP contribution in [0.25, 0.3) is 5.69 Å². The van der Waals surface area contributed by atoms with Crippen molar-refractivity contribution >= 4 is 17.8 Å². The Bertz CT molecular complexity index is 794. The molecular formula is C18H21N5O. The Morgan fingerprint density at radius 3 is 2.58 bits per heavy atom. The maximum absolute atomic E-state index is 11.2. The fraction of sp³-hybridized carbons (Fsp3) is 0.278. The first-order valence-electron chi connectivity index (χ1n) is 7.59. The minimum absolute atomic E-state index is 0.200. The molecule has 0 aliphatic rings. The molecule has 1 heterocycles. The quantitative estimate of drug-likeness (QED) is 0.679. The second-order valence-electron chi connectivity index (χ2n) is 5.70. The number of aryl methyl sites for hydroxylation is 1. The number of carbonyl (C=O) groups is 1. The summed E-state index contributed by atoms with van der Waals surface area (Å²) >= 11 is 0. The summed E-state index contributed by atoms with van der Waals surface area (Å²) in [6.07, 6.45) is 1.40. The molecule has 6 nitrogen and oxygen atoms in total. The Kier molecular flexibility index (Phi) is 5.38. The summed E-state index contributed by atoms with van der Waals surface area (Å²) in [4.78, 5) is 13.3. The van der Waals surface area contributed by atoms with Crippen LogP contribution < -0.4 is 10.3 Å². The average molecular weight is 323 g/mol. The first-order valence-corrected chi connectivity index (χ1v) is 7.59.